The van der Waals surface area contributed by atoms with E-state index in [1.54, 1.807) is 12.1 Å². The molecule has 1 aromatic rings. The lowest BCUT2D eigenvalue weighted by Crippen LogP contribution is -2.29. The summed E-state index contributed by atoms with van der Waals surface area (Å²) in [5, 5.41) is 2.51. The van der Waals surface area contributed by atoms with Crippen LogP contribution in [0.1, 0.15) is 18.5 Å². The van der Waals surface area contributed by atoms with Crippen LogP contribution in [0.5, 0.6) is 5.75 Å². The van der Waals surface area contributed by atoms with Crippen LogP contribution < -0.4 is 15.8 Å². The van der Waals surface area contributed by atoms with Crippen molar-refractivity contribution >= 4 is 5.91 Å². The number of hydrogen-bond acceptors (Lipinski definition) is 3. The van der Waals surface area contributed by atoms with Crippen molar-refractivity contribution in [3.05, 3.63) is 29.8 Å². The molecule has 0 saturated heterocycles. The van der Waals surface area contributed by atoms with Gasteiger partial charge in [0.2, 0.25) is 0 Å². The predicted octanol–water partition coefficient (Wildman–Crippen LogP) is 0.834. The van der Waals surface area contributed by atoms with Crippen molar-refractivity contribution in [3.8, 4) is 18.1 Å². The average Bonchev–Trinajstić information content (AvgIpc) is 2.34. The second-order valence-corrected chi connectivity index (χ2v) is 3.63. The van der Waals surface area contributed by atoms with E-state index >= 15 is 0 Å². The maximum atomic E-state index is 11.2. The van der Waals surface area contributed by atoms with Crippen LogP contribution >= 0.6 is 0 Å². The summed E-state index contributed by atoms with van der Waals surface area (Å²) in [6.45, 7) is 2.08. The first kappa shape index (κ1) is 13.1. The third-order valence-electron chi connectivity index (χ3n) is 2.16. The molecule has 90 valence electrons. The lowest BCUT2D eigenvalue weighted by molar-refractivity contribution is -0.122. The number of rotatable bonds is 5. The second kappa shape index (κ2) is 6.56. The Balaban J connectivity index is 2.42. The van der Waals surface area contributed by atoms with Crippen LogP contribution in [-0.2, 0) is 4.79 Å². The van der Waals surface area contributed by atoms with Gasteiger partial charge in [0.1, 0.15) is 5.75 Å². The monoisotopic (exact) mass is 232 g/mol. The largest absolute Gasteiger partial charge is 0.484 e. The molecule has 4 heteroatoms. The van der Waals surface area contributed by atoms with Crippen molar-refractivity contribution in [2.75, 3.05) is 13.2 Å². The molecule has 0 saturated carbocycles. The normalized spacial score (nSPS) is 11.4. The Kier molecular flexibility index (Phi) is 5.05. The second-order valence-electron chi connectivity index (χ2n) is 3.63. The molecule has 3 N–H and O–H groups in total. The van der Waals surface area contributed by atoms with Crippen molar-refractivity contribution in [3.63, 3.8) is 0 Å². The van der Waals surface area contributed by atoms with E-state index < -0.39 is 0 Å². The molecule has 0 fully saturated rings. The average molecular weight is 232 g/mol. The van der Waals surface area contributed by atoms with E-state index in [2.05, 4.69) is 11.2 Å². The van der Waals surface area contributed by atoms with Crippen molar-refractivity contribution in [2.45, 2.75) is 13.0 Å². The number of nitrogens with one attached hydrogen (secondary N) is 1. The molecule has 0 aliphatic heterocycles. The molecular weight excluding hydrogens is 216 g/mol. The molecule has 0 spiro atoms. The van der Waals surface area contributed by atoms with Gasteiger partial charge < -0.3 is 15.8 Å². The smallest absolute Gasteiger partial charge is 0.258 e. The summed E-state index contributed by atoms with van der Waals surface area (Å²) >= 11 is 0. The number of nitrogens with two attached hydrogens (primary N) is 1. The molecular formula is C13H16N2O2. The fourth-order valence-electron chi connectivity index (χ4n) is 1.22. The molecule has 1 rings (SSSR count). The van der Waals surface area contributed by atoms with E-state index in [-0.39, 0.29) is 25.1 Å². The van der Waals surface area contributed by atoms with Crippen LogP contribution in [0.4, 0.5) is 0 Å². The Hall–Kier alpha value is -1.99. The summed E-state index contributed by atoms with van der Waals surface area (Å²) < 4.78 is 5.28. The molecule has 1 atom stereocenters. The Labute approximate surface area is 101 Å². The summed E-state index contributed by atoms with van der Waals surface area (Å²) in [7, 11) is 0. The van der Waals surface area contributed by atoms with E-state index in [0.717, 1.165) is 5.56 Å². The van der Waals surface area contributed by atoms with Gasteiger partial charge in [-0.3, -0.25) is 4.79 Å². The lowest BCUT2D eigenvalue weighted by Gasteiger charge is -2.08. The van der Waals surface area contributed by atoms with Gasteiger partial charge in [0.25, 0.3) is 5.91 Å². The van der Waals surface area contributed by atoms with Gasteiger partial charge in [-0.15, -0.1) is 6.42 Å². The topological polar surface area (TPSA) is 64.3 Å². The first-order valence-electron chi connectivity index (χ1n) is 5.32. The molecule has 1 aromatic carbocycles. The van der Waals surface area contributed by atoms with E-state index in [1.807, 2.05) is 19.1 Å². The molecule has 17 heavy (non-hydrogen) atoms. The van der Waals surface area contributed by atoms with Gasteiger partial charge in [0, 0.05) is 6.04 Å². The number of ether oxygens (including phenoxy) is 1. The van der Waals surface area contributed by atoms with E-state index in [4.69, 9.17) is 16.9 Å². The Morgan fingerprint density at radius 2 is 2.18 bits per heavy atom. The molecule has 0 aromatic heterocycles. The Morgan fingerprint density at radius 1 is 1.53 bits per heavy atom. The summed E-state index contributed by atoms with van der Waals surface area (Å²) in [6.07, 6.45) is 5.01. The fourth-order valence-corrected chi connectivity index (χ4v) is 1.22. The first-order chi connectivity index (χ1) is 8.13. The van der Waals surface area contributed by atoms with Crippen molar-refractivity contribution in [2.24, 2.45) is 5.73 Å². The molecule has 4 nitrogen and oxygen atoms in total. The van der Waals surface area contributed by atoms with Crippen LogP contribution in [0.2, 0.25) is 0 Å². The molecule has 1 amide bonds. The quantitative estimate of drug-likeness (QED) is 0.739. The van der Waals surface area contributed by atoms with E-state index in [9.17, 15) is 4.79 Å². The minimum atomic E-state index is -0.237. The highest BCUT2D eigenvalue weighted by Crippen LogP contribution is 2.15. The zero-order valence-electron chi connectivity index (χ0n) is 9.77. The summed E-state index contributed by atoms with van der Waals surface area (Å²) in [5.74, 6) is 2.71. The highest BCUT2D eigenvalue weighted by molar-refractivity contribution is 5.77. The lowest BCUT2D eigenvalue weighted by atomic mass is 10.1. The predicted molar refractivity (Wildman–Crippen MR) is 66.4 cm³/mol. The van der Waals surface area contributed by atoms with Crippen LogP contribution in [-0.4, -0.2) is 19.1 Å². The molecule has 0 bridgehead atoms. The highest BCUT2D eigenvalue weighted by atomic mass is 16.5. The SMILES string of the molecule is C#CCNC(=O)COc1ccc(C(C)N)cc1. The molecule has 0 aliphatic rings. The molecule has 0 heterocycles. The van der Waals surface area contributed by atoms with Gasteiger partial charge in [-0.25, -0.2) is 0 Å². The minimum Gasteiger partial charge on any atom is -0.484 e. The van der Waals surface area contributed by atoms with E-state index in [1.165, 1.54) is 0 Å². The van der Waals surface area contributed by atoms with Crippen LogP contribution in [0.15, 0.2) is 24.3 Å². The third kappa shape index (κ3) is 4.58. The maximum absolute atomic E-state index is 11.2. The zero-order valence-corrected chi connectivity index (χ0v) is 9.77. The van der Waals surface area contributed by atoms with Crippen molar-refractivity contribution < 1.29 is 9.53 Å². The minimum absolute atomic E-state index is 0.0111. The van der Waals surface area contributed by atoms with Crippen LogP contribution in [0.25, 0.3) is 0 Å². The molecule has 1 unspecified atom stereocenters. The van der Waals surface area contributed by atoms with Gasteiger partial charge in [-0.1, -0.05) is 18.1 Å². The van der Waals surface area contributed by atoms with Gasteiger partial charge >= 0.3 is 0 Å². The number of terminal acetylenes is 1. The number of benzene rings is 1. The summed E-state index contributed by atoms with van der Waals surface area (Å²) in [6, 6.07) is 7.31. The number of amides is 1. The summed E-state index contributed by atoms with van der Waals surface area (Å²) in [5.41, 5.74) is 6.74. The number of hydrogen-bond donors (Lipinski definition) is 2. The molecule has 0 aliphatic carbocycles. The van der Waals surface area contributed by atoms with Gasteiger partial charge in [-0.05, 0) is 24.6 Å². The Bertz CT molecular complexity index is 404. The summed E-state index contributed by atoms with van der Waals surface area (Å²) in [4.78, 5) is 11.2. The van der Waals surface area contributed by atoms with Crippen molar-refractivity contribution in [1.82, 2.24) is 5.32 Å². The van der Waals surface area contributed by atoms with Crippen LogP contribution in [0, 0.1) is 12.3 Å². The van der Waals surface area contributed by atoms with Gasteiger partial charge in [0.15, 0.2) is 6.61 Å². The number of carbonyl (C=O) groups excluding carboxylic acids is 1. The van der Waals surface area contributed by atoms with E-state index in [0.29, 0.717) is 5.75 Å². The first-order valence-corrected chi connectivity index (χ1v) is 5.32. The highest BCUT2D eigenvalue weighted by Gasteiger charge is 2.02. The number of carbonyl (C=O) groups is 1. The standard InChI is InChI=1S/C13H16N2O2/c1-3-8-15-13(16)9-17-12-6-4-11(5-7-12)10(2)14/h1,4-7,10H,8-9,14H2,2H3,(H,15,16). The fraction of sp³-hybridized carbons (Fsp3) is 0.308. The van der Waals surface area contributed by atoms with Crippen LogP contribution in [0.3, 0.4) is 0 Å². The zero-order chi connectivity index (χ0) is 12.7. The maximum Gasteiger partial charge on any atom is 0.258 e. The third-order valence-corrected chi connectivity index (χ3v) is 2.16. The molecule has 0 radical (unpaired) electrons. The van der Waals surface area contributed by atoms with Crippen molar-refractivity contribution in [1.29, 1.82) is 0 Å². The van der Waals surface area contributed by atoms with Gasteiger partial charge in [0.05, 0.1) is 6.54 Å². The van der Waals surface area contributed by atoms with Gasteiger partial charge in [-0.2, -0.15) is 0 Å². The Morgan fingerprint density at radius 3 is 2.71 bits per heavy atom.